The maximum Gasteiger partial charge on any atom is 0.241 e. The van der Waals surface area contributed by atoms with Crippen molar-refractivity contribution in [3.63, 3.8) is 0 Å². The Labute approximate surface area is 190 Å². The van der Waals surface area contributed by atoms with Gasteiger partial charge in [-0.2, -0.15) is 0 Å². The molecule has 7 nitrogen and oxygen atoms in total. The molecule has 1 aliphatic rings. The second kappa shape index (κ2) is 10.1. The molecule has 0 aromatic heterocycles. The molecule has 0 aliphatic carbocycles. The molecule has 0 spiro atoms. The van der Waals surface area contributed by atoms with Crippen LogP contribution in [0.5, 0.6) is 11.5 Å². The Hall–Kier alpha value is -2.71. The third-order valence-corrected chi connectivity index (χ3v) is 5.74. The molecule has 1 aliphatic heterocycles. The zero-order valence-electron chi connectivity index (χ0n) is 17.8. The van der Waals surface area contributed by atoms with Crippen LogP contribution >= 0.6 is 23.4 Å². The first kappa shape index (κ1) is 23.0. The SMILES string of the molecule is CC(=O)NC1=NN(C(C)=O)C(c2cc(Cl)ccc2OCCOc2ccc(C)cc2C)S1. The Morgan fingerprint density at radius 2 is 1.77 bits per heavy atom. The van der Waals surface area contributed by atoms with Crippen LogP contribution in [0.1, 0.15) is 35.9 Å². The molecule has 0 radical (unpaired) electrons. The van der Waals surface area contributed by atoms with Crippen molar-refractivity contribution in [1.29, 1.82) is 0 Å². The van der Waals surface area contributed by atoms with Crippen LogP contribution < -0.4 is 14.8 Å². The van der Waals surface area contributed by atoms with Crippen molar-refractivity contribution < 1.29 is 19.1 Å². The number of hydrogen-bond donors (Lipinski definition) is 1. The van der Waals surface area contributed by atoms with Crippen LogP contribution in [0.25, 0.3) is 0 Å². The number of rotatable bonds is 6. The maximum atomic E-state index is 12.1. The third-order valence-electron chi connectivity index (χ3n) is 4.42. The lowest BCUT2D eigenvalue weighted by Crippen LogP contribution is -2.25. The summed E-state index contributed by atoms with van der Waals surface area (Å²) in [5, 5.41) is 8.49. The number of hydrazone groups is 1. The van der Waals surface area contributed by atoms with Gasteiger partial charge in [-0.25, -0.2) is 5.01 Å². The summed E-state index contributed by atoms with van der Waals surface area (Å²) in [5.74, 6) is 0.855. The Balaban J connectivity index is 1.71. The lowest BCUT2D eigenvalue weighted by molar-refractivity contribution is -0.129. The summed E-state index contributed by atoms with van der Waals surface area (Å²) in [5.41, 5.74) is 2.93. The Morgan fingerprint density at radius 1 is 1.10 bits per heavy atom. The molecule has 3 rings (SSSR count). The number of thioether (sulfide) groups is 1. The number of amides is 2. The van der Waals surface area contributed by atoms with E-state index in [4.69, 9.17) is 21.1 Å². The maximum absolute atomic E-state index is 12.1. The predicted octanol–water partition coefficient (Wildman–Crippen LogP) is 4.42. The number of carbonyl (C=O) groups is 2. The van der Waals surface area contributed by atoms with Gasteiger partial charge in [-0.1, -0.05) is 41.1 Å². The number of benzene rings is 2. The molecule has 2 aromatic carbocycles. The minimum atomic E-state index is -0.506. The summed E-state index contributed by atoms with van der Waals surface area (Å²) in [7, 11) is 0. The molecule has 0 saturated carbocycles. The van der Waals surface area contributed by atoms with Gasteiger partial charge in [0.05, 0.1) is 0 Å². The average molecular weight is 462 g/mol. The minimum Gasteiger partial charge on any atom is -0.490 e. The van der Waals surface area contributed by atoms with Gasteiger partial charge in [0.15, 0.2) is 5.17 Å². The average Bonchev–Trinajstić information content (AvgIpc) is 3.10. The number of carbonyl (C=O) groups excluding carboxylic acids is 2. The summed E-state index contributed by atoms with van der Waals surface area (Å²) < 4.78 is 11.8. The van der Waals surface area contributed by atoms with E-state index in [1.807, 2.05) is 26.0 Å². The van der Waals surface area contributed by atoms with Crippen molar-refractivity contribution in [1.82, 2.24) is 10.3 Å². The number of nitrogens with one attached hydrogen (secondary N) is 1. The Bertz CT molecular complexity index is 1030. The summed E-state index contributed by atoms with van der Waals surface area (Å²) in [6.07, 6.45) is 0. The molecule has 1 N–H and O–H groups in total. The molecule has 1 atom stereocenters. The first-order valence-corrected chi connectivity index (χ1v) is 11.0. The van der Waals surface area contributed by atoms with Gasteiger partial charge in [0.25, 0.3) is 0 Å². The number of hydrogen-bond acceptors (Lipinski definition) is 6. The molecule has 0 saturated heterocycles. The van der Waals surface area contributed by atoms with E-state index in [1.54, 1.807) is 18.2 Å². The van der Waals surface area contributed by atoms with E-state index < -0.39 is 5.37 Å². The molecule has 164 valence electrons. The first-order chi connectivity index (χ1) is 14.7. The molecule has 2 amide bonds. The molecule has 0 fully saturated rings. The van der Waals surface area contributed by atoms with E-state index in [2.05, 4.69) is 16.5 Å². The Morgan fingerprint density at radius 3 is 2.42 bits per heavy atom. The number of aryl methyl sites for hydroxylation is 2. The second-order valence-corrected chi connectivity index (χ2v) is 8.57. The standard InChI is InChI=1S/C22H24ClN3O4S/c1-13-5-7-19(14(2)11-13)29-9-10-30-20-8-6-17(23)12-18(20)21-26(16(4)28)25-22(31-21)24-15(3)27/h5-8,11-12,21H,9-10H2,1-4H3,(H,24,25,27). The zero-order valence-corrected chi connectivity index (χ0v) is 19.3. The fourth-order valence-corrected chi connectivity index (χ4v) is 4.41. The lowest BCUT2D eigenvalue weighted by atomic mass is 10.1. The molecule has 1 unspecified atom stereocenters. The highest BCUT2D eigenvalue weighted by molar-refractivity contribution is 8.14. The summed E-state index contributed by atoms with van der Waals surface area (Å²) in [6, 6.07) is 11.2. The summed E-state index contributed by atoms with van der Waals surface area (Å²) in [4.78, 5) is 23.5. The third kappa shape index (κ3) is 5.92. The van der Waals surface area contributed by atoms with Gasteiger partial charge >= 0.3 is 0 Å². The number of halogens is 1. The normalized spacial score (nSPS) is 15.5. The second-order valence-electron chi connectivity index (χ2n) is 7.07. The lowest BCUT2D eigenvalue weighted by Gasteiger charge is -2.22. The number of amidine groups is 1. The highest BCUT2D eigenvalue weighted by Crippen LogP contribution is 2.43. The van der Waals surface area contributed by atoms with Gasteiger partial charge in [0.2, 0.25) is 11.8 Å². The smallest absolute Gasteiger partial charge is 0.241 e. The monoisotopic (exact) mass is 461 g/mol. The van der Waals surface area contributed by atoms with Gasteiger partial charge in [-0.3, -0.25) is 9.59 Å². The van der Waals surface area contributed by atoms with Crippen LogP contribution in [-0.2, 0) is 9.59 Å². The zero-order chi connectivity index (χ0) is 22.5. The molecule has 0 bridgehead atoms. The van der Waals surface area contributed by atoms with Gasteiger partial charge in [-0.05, 0) is 43.7 Å². The molecular weight excluding hydrogens is 438 g/mol. The summed E-state index contributed by atoms with van der Waals surface area (Å²) in [6.45, 7) is 7.50. The molecule has 31 heavy (non-hydrogen) atoms. The first-order valence-electron chi connectivity index (χ1n) is 9.69. The highest BCUT2D eigenvalue weighted by atomic mass is 35.5. The summed E-state index contributed by atoms with van der Waals surface area (Å²) >= 11 is 7.46. The quantitative estimate of drug-likeness (QED) is 0.644. The van der Waals surface area contributed by atoms with Crippen molar-refractivity contribution in [2.24, 2.45) is 5.10 Å². The predicted molar refractivity (Wildman–Crippen MR) is 122 cm³/mol. The topological polar surface area (TPSA) is 80.2 Å². The van der Waals surface area contributed by atoms with Crippen LogP contribution in [0.3, 0.4) is 0 Å². The van der Waals surface area contributed by atoms with Crippen molar-refractivity contribution in [3.05, 3.63) is 58.1 Å². The largest absolute Gasteiger partial charge is 0.490 e. The van der Waals surface area contributed by atoms with E-state index in [9.17, 15) is 9.59 Å². The van der Waals surface area contributed by atoms with Gasteiger partial charge in [0.1, 0.15) is 30.1 Å². The van der Waals surface area contributed by atoms with Crippen molar-refractivity contribution in [2.75, 3.05) is 13.2 Å². The fraction of sp³-hybridized carbons (Fsp3) is 0.318. The van der Waals surface area contributed by atoms with Crippen LogP contribution in [0.15, 0.2) is 41.5 Å². The van der Waals surface area contributed by atoms with Crippen molar-refractivity contribution >= 4 is 40.3 Å². The number of ether oxygens (including phenoxy) is 2. The van der Waals surface area contributed by atoms with Gasteiger partial charge in [0, 0.05) is 24.4 Å². The van der Waals surface area contributed by atoms with E-state index >= 15 is 0 Å². The molecular formula is C22H24ClN3O4S. The number of nitrogens with zero attached hydrogens (tertiary/aromatic N) is 2. The highest BCUT2D eigenvalue weighted by Gasteiger charge is 2.34. The fourth-order valence-electron chi connectivity index (χ4n) is 3.07. The molecule has 2 aromatic rings. The van der Waals surface area contributed by atoms with Gasteiger partial charge in [-0.15, -0.1) is 5.10 Å². The molecule has 1 heterocycles. The van der Waals surface area contributed by atoms with Crippen LogP contribution in [-0.4, -0.2) is 35.2 Å². The van der Waals surface area contributed by atoms with Crippen LogP contribution in [0.4, 0.5) is 0 Å². The Kier molecular flexibility index (Phi) is 7.46. The van der Waals surface area contributed by atoms with Gasteiger partial charge < -0.3 is 14.8 Å². The molecule has 9 heteroatoms. The minimum absolute atomic E-state index is 0.262. The van der Waals surface area contributed by atoms with E-state index in [0.29, 0.717) is 34.7 Å². The van der Waals surface area contributed by atoms with E-state index in [0.717, 1.165) is 11.3 Å². The van der Waals surface area contributed by atoms with E-state index in [1.165, 1.54) is 36.2 Å². The van der Waals surface area contributed by atoms with Crippen LogP contribution in [0, 0.1) is 13.8 Å². The van der Waals surface area contributed by atoms with Crippen LogP contribution in [0.2, 0.25) is 5.02 Å². The van der Waals surface area contributed by atoms with Crippen molar-refractivity contribution in [2.45, 2.75) is 33.1 Å². The van der Waals surface area contributed by atoms with E-state index in [-0.39, 0.29) is 11.8 Å². The van der Waals surface area contributed by atoms with Crippen molar-refractivity contribution in [3.8, 4) is 11.5 Å².